The Morgan fingerprint density at radius 1 is 1.08 bits per heavy atom. The molecule has 4 nitrogen and oxygen atoms in total. The summed E-state index contributed by atoms with van der Waals surface area (Å²) in [4.78, 5) is 12.3. The van der Waals surface area contributed by atoms with Gasteiger partial charge >= 0.3 is 0 Å². The number of unbranched alkanes of at least 4 members (excludes halogenated alkanes) is 2. The van der Waals surface area contributed by atoms with Crippen molar-refractivity contribution in [1.82, 2.24) is 10.9 Å². The SMILES string of the molecule is CCCCCC1CCC(C(=O)NNC(=S)Nc2ccccc2)CC1. The third kappa shape index (κ3) is 6.48. The van der Waals surface area contributed by atoms with Gasteiger partial charge in [0.05, 0.1) is 0 Å². The first kappa shape index (κ1) is 18.7. The van der Waals surface area contributed by atoms with Crippen LogP contribution in [0, 0.1) is 11.8 Å². The highest BCUT2D eigenvalue weighted by atomic mass is 32.1. The number of thiocarbonyl (C=S) groups is 1. The van der Waals surface area contributed by atoms with Gasteiger partial charge in [-0.3, -0.25) is 15.6 Å². The van der Waals surface area contributed by atoms with Gasteiger partial charge in [-0.1, -0.05) is 50.8 Å². The average Bonchev–Trinajstić information content (AvgIpc) is 2.61. The summed E-state index contributed by atoms with van der Waals surface area (Å²) < 4.78 is 0. The lowest BCUT2D eigenvalue weighted by Gasteiger charge is -2.28. The number of para-hydroxylation sites is 1. The molecule has 0 atom stereocenters. The molecule has 1 aliphatic rings. The summed E-state index contributed by atoms with van der Waals surface area (Å²) >= 11 is 5.20. The second kappa shape index (κ2) is 10.3. The van der Waals surface area contributed by atoms with Gasteiger partial charge in [0.25, 0.3) is 0 Å². The van der Waals surface area contributed by atoms with Crippen molar-refractivity contribution in [3.63, 3.8) is 0 Å². The molecule has 0 aromatic heterocycles. The van der Waals surface area contributed by atoms with Crippen LogP contribution < -0.4 is 16.2 Å². The van der Waals surface area contributed by atoms with Gasteiger partial charge in [0.15, 0.2) is 5.11 Å². The summed E-state index contributed by atoms with van der Waals surface area (Å²) in [6.07, 6.45) is 9.59. The van der Waals surface area contributed by atoms with Gasteiger partial charge < -0.3 is 5.32 Å². The fraction of sp³-hybridized carbons (Fsp3) is 0.579. The topological polar surface area (TPSA) is 53.2 Å². The number of carbonyl (C=O) groups excluding carboxylic acids is 1. The molecule has 0 heterocycles. The molecular weight excluding hydrogens is 318 g/mol. The molecule has 1 aliphatic carbocycles. The molecule has 1 aromatic carbocycles. The Bertz CT molecular complexity index is 513. The predicted octanol–water partition coefficient (Wildman–Crippen LogP) is 4.39. The molecule has 0 radical (unpaired) electrons. The van der Waals surface area contributed by atoms with E-state index >= 15 is 0 Å². The molecule has 1 amide bonds. The Balaban J connectivity index is 1.63. The summed E-state index contributed by atoms with van der Waals surface area (Å²) in [7, 11) is 0. The Labute approximate surface area is 150 Å². The van der Waals surface area contributed by atoms with Gasteiger partial charge in [-0.05, 0) is 56.0 Å². The van der Waals surface area contributed by atoms with Gasteiger partial charge in [0.2, 0.25) is 5.91 Å². The predicted molar refractivity (Wildman–Crippen MR) is 104 cm³/mol. The maximum Gasteiger partial charge on any atom is 0.241 e. The molecule has 0 spiro atoms. The minimum absolute atomic E-state index is 0.0548. The highest BCUT2D eigenvalue weighted by Crippen LogP contribution is 2.32. The highest BCUT2D eigenvalue weighted by molar-refractivity contribution is 7.80. The molecule has 0 bridgehead atoms. The summed E-state index contributed by atoms with van der Waals surface area (Å²) in [5.74, 6) is 0.980. The molecule has 0 unspecified atom stereocenters. The third-order valence-electron chi connectivity index (χ3n) is 4.76. The van der Waals surface area contributed by atoms with Crippen molar-refractivity contribution in [3.05, 3.63) is 30.3 Å². The van der Waals surface area contributed by atoms with Crippen LogP contribution in [0.1, 0.15) is 58.3 Å². The van der Waals surface area contributed by atoms with E-state index in [9.17, 15) is 4.79 Å². The number of benzene rings is 1. The zero-order valence-electron chi connectivity index (χ0n) is 14.5. The van der Waals surface area contributed by atoms with E-state index in [1.807, 2.05) is 30.3 Å². The maximum absolute atomic E-state index is 12.3. The van der Waals surface area contributed by atoms with Crippen LogP contribution in [0.3, 0.4) is 0 Å². The smallest absolute Gasteiger partial charge is 0.241 e. The van der Waals surface area contributed by atoms with Crippen LogP contribution >= 0.6 is 12.2 Å². The van der Waals surface area contributed by atoms with Gasteiger partial charge in [-0.2, -0.15) is 0 Å². The number of hydrogen-bond donors (Lipinski definition) is 3. The van der Waals surface area contributed by atoms with Crippen LogP contribution in [0.5, 0.6) is 0 Å². The molecule has 1 fully saturated rings. The molecule has 5 heteroatoms. The van der Waals surface area contributed by atoms with Crippen LogP contribution in [0.2, 0.25) is 0 Å². The fourth-order valence-electron chi connectivity index (χ4n) is 3.30. The molecule has 1 saturated carbocycles. The van der Waals surface area contributed by atoms with E-state index in [0.29, 0.717) is 5.11 Å². The van der Waals surface area contributed by atoms with Crippen LogP contribution in [0.4, 0.5) is 5.69 Å². The zero-order chi connectivity index (χ0) is 17.2. The monoisotopic (exact) mass is 347 g/mol. The highest BCUT2D eigenvalue weighted by Gasteiger charge is 2.26. The molecule has 2 rings (SSSR count). The Hall–Kier alpha value is -1.62. The van der Waals surface area contributed by atoms with E-state index in [0.717, 1.165) is 24.4 Å². The Morgan fingerprint density at radius 2 is 1.79 bits per heavy atom. The van der Waals surface area contributed by atoms with Gasteiger partial charge in [0.1, 0.15) is 0 Å². The number of amides is 1. The van der Waals surface area contributed by atoms with Crippen molar-refractivity contribution in [2.24, 2.45) is 11.8 Å². The van der Waals surface area contributed by atoms with E-state index in [2.05, 4.69) is 23.1 Å². The molecule has 1 aromatic rings. The van der Waals surface area contributed by atoms with E-state index in [1.54, 1.807) is 0 Å². The molecule has 132 valence electrons. The first-order chi connectivity index (χ1) is 11.7. The lowest BCUT2D eigenvalue weighted by molar-refractivity contribution is -0.126. The van der Waals surface area contributed by atoms with Crippen molar-refractivity contribution in [1.29, 1.82) is 0 Å². The molecule has 3 N–H and O–H groups in total. The van der Waals surface area contributed by atoms with Crippen molar-refractivity contribution in [2.45, 2.75) is 58.3 Å². The number of hydrogen-bond acceptors (Lipinski definition) is 2. The molecule has 0 saturated heterocycles. The zero-order valence-corrected chi connectivity index (χ0v) is 15.3. The lowest BCUT2D eigenvalue weighted by Crippen LogP contribution is -2.46. The van der Waals surface area contributed by atoms with Crippen molar-refractivity contribution >= 4 is 28.9 Å². The number of anilines is 1. The van der Waals surface area contributed by atoms with E-state index in [4.69, 9.17) is 12.2 Å². The summed E-state index contributed by atoms with van der Waals surface area (Å²) in [6.45, 7) is 2.24. The largest absolute Gasteiger partial charge is 0.331 e. The second-order valence-electron chi connectivity index (χ2n) is 6.65. The van der Waals surface area contributed by atoms with Crippen LogP contribution in [0.25, 0.3) is 0 Å². The first-order valence-electron chi connectivity index (χ1n) is 9.11. The molecule has 24 heavy (non-hydrogen) atoms. The molecule has 0 aliphatic heterocycles. The lowest BCUT2D eigenvalue weighted by atomic mass is 9.79. The number of nitrogens with one attached hydrogen (secondary N) is 3. The molecular formula is C19H29N3OS. The third-order valence-corrected chi connectivity index (χ3v) is 4.97. The van der Waals surface area contributed by atoms with Crippen molar-refractivity contribution < 1.29 is 4.79 Å². The minimum Gasteiger partial charge on any atom is -0.331 e. The van der Waals surface area contributed by atoms with E-state index < -0.39 is 0 Å². The van der Waals surface area contributed by atoms with Gasteiger partial charge in [-0.25, -0.2) is 0 Å². The second-order valence-corrected chi connectivity index (χ2v) is 7.06. The summed E-state index contributed by atoms with van der Waals surface area (Å²) in [5.41, 5.74) is 6.45. The maximum atomic E-state index is 12.3. The average molecular weight is 348 g/mol. The Morgan fingerprint density at radius 3 is 2.46 bits per heavy atom. The quantitative estimate of drug-likeness (QED) is 0.406. The van der Waals surface area contributed by atoms with Crippen LogP contribution in [0.15, 0.2) is 30.3 Å². The normalized spacial score (nSPS) is 20.2. The first-order valence-corrected chi connectivity index (χ1v) is 9.51. The van der Waals surface area contributed by atoms with Crippen molar-refractivity contribution in [3.8, 4) is 0 Å². The van der Waals surface area contributed by atoms with Crippen LogP contribution in [-0.2, 0) is 4.79 Å². The Kier molecular flexibility index (Phi) is 8.02. The number of carbonyl (C=O) groups is 1. The van der Waals surface area contributed by atoms with Crippen LogP contribution in [-0.4, -0.2) is 11.0 Å². The van der Waals surface area contributed by atoms with Gasteiger partial charge in [-0.15, -0.1) is 0 Å². The van der Waals surface area contributed by atoms with E-state index in [-0.39, 0.29) is 11.8 Å². The fourth-order valence-corrected chi connectivity index (χ4v) is 3.47. The number of rotatable bonds is 6. The standard InChI is InChI=1S/C19H29N3OS/c1-2-3-5-8-15-11-13-16(14-12-15)18(23)21-22-19(24)20-17-9-6-4-7-10-17/h4,6-7,9-10,15-16H,2-3,5,8,11-14H2,1H3,(H,21,23)(H2,20,22,24). The summed E-state index contributed by atoms with van der Waals surface area (Å²) in [6, 6.07) is 9.66. The van der Waals surface area contributed by atoms with E-state index in [1.165, 1.54) is 38.5 Å². The summed E-state index contributed by atoms with van der Waals surface area (Å²) in [5, 5.41) is 3.45. The van der Waals surface area contributed by atoms with Gasteiger partial charge in [0, 0.05) is 11.6 Å². The minimum atomic E-state index is 0.0548. The number of hydrazine groups is 1. The van der Waals surface area contributed by atoms with Crippen molar-refractivity contribution in [2.75, 3.05) is 5.32 Å².